The summed E-state index contributed by atoms with van der Waals surface area (Å²) in [6.07, 6.45) is 0.789. The maximum Gasteiger partial charge on any atom is 0.338 e. The van der Waals surface area contributed by atoms with Gasteiger partial charge < -0.3 is 14.8 Å². The first-order chi connectivity index (χ1) is 11.7. The molecule has 124 valence electrons. The van der Waals surface area contributed by atoms with E-state index >= 15 is 0 Å². The van der Waals surface area contributed by atoms with Crippen LogP contribution in [-0.4, -0.2) is 19.7 Å². The first kappa shape index (κ1) is 17.4. The molecule has 1 unspecified atom stereocenters. The van der Waals surface area contributed by atoms with Gasteiger partial charge in [-0.25, -0.2) is 4.79 Å². The molecule has 0 aliphatic rings. The van der Waals surface area contributed by atoms with Gasteiger partial charge in [0.25, 0.3) is 0 Å². The third-order valence-corrected chi connectivity index (χ3v) is 3.45. The Morgan fingerprint density at radius 1 is 1.17 bits per heavy atom. The molecule has 0 saturated carbocycles. The Morgan fingerprint density at radius 3 is 2.38 bits per heavy atom. The molecule has 0 spiro atoms. The summed E-state index contributed by atoms with van der Waals surface area (Å²) in [6, 6.07) is 15.9. The van der Waals surface area contributed by atoms with Gasteiger partial charge in [0, 0.05) is 5.69 Å². The number of benzene rings is 2. The molecule has 0 aliphatic carbocycles. The fourth-order valence-corrected chi connectivity index (χ4v) is 2.13. The summed E-state index contributed by atoms with van der Waals surface area (Å²) in [5, 5.41) is 12.5. The summed E-state index contributed by atoms with van der Waals surface area (Å²) < 4.78 is 10.2. The quantitative estimate of drug-likeness (QED) is 0.781. The van der Waals surface area contributed by atoms with Crippen LogP contribution >= 0.6 is 0 Å². The second-order valence-corrected chi connectivity index (χ2v) is 5.19. The molecular formula is C19H20N2O3. The van der Waals surface area contributed by atoms with Crippen LogP contribution in [0, 0.1) is 11.3 Å². The number of anilines is 1. The highest BCUT2D eigenvalue weighted by molar-refractivity contribution is 5.89. The van der Waals surface area contributed by atoms with E-state index in [1.807, 2.05) is 31.2 Å². The highest BCUT2D eigenvalue weighted by Crippen LogP contribution is 2.22. The van der Waals surface area contributed by atoms with E-state index in [4.69, 9.17) is 9.47 Å². The standard InChI is InChI=1S/C19H20N2O3/c1-3-12-24-19(22)15-4-8-16(9-5-15)21-18(13-20)14-6-10-17(23-2)11-7-14/h4-11,18,21H,3,12H2,1-2H3. The van der Waals surface area contributed by atoms with Crippen molar-refractivity contribution >= 4 is 11.7 Å². The lowest BCUT2D eigenvalue weighted by Crippen LogP contribution is -2.09. The number of methoxy groups -OCH3 is 1. The molecule has 5 heteroatoms. The maximum atomic E-state index is 11.8. The molecule has 0 bridgehead atoms. The summed E-state index contributed by atoms with van der Waals surface area (Å²) in [6.45, 7) is 2.36. The van der Waals surface area contributed by atoms with Crippen molar-refractivity contribution in [2.24, 2.45) is 0 Å². The predicted molar refractivity (Wildman–Crippen MR) is 92.0 cm³/mol. The van der Waals surface area contributed by atoms with Crippen LogP contribution in [-0.2, 0) is 4.74 Å². The first-order valence-corrected chi connectivity index (χ1v) is 7.75. The van der Waals surface area contributed by atoms with Gasteiger partial charge in [0.05, 0.1) is 25.3 Å². The predicted octanol–water partition coefficient (Wildman–Crippen LogP) is 3.94. The minimum Gasteiger partial charge on any atom is -0.497 e. The van der Waals surface area contributed by atoms with Crippen molar-refractivity contribution in [1.29, 1.82) is 5.26 Å². The Morgan fingerprint density at radius 2 is 1.83 bits per heavy atom. The van der Waals surface area contributed by atoms with Gasteiger partial charge >= 0.3 is 5.97 Å². The number of esters is 1. The zero-order valence-electron chi connectivity index (χ0n) is 13.8. The summed E-state index contributed by atoms with van der Waals surface area (Å²) in [5.41, 5.74) is 2.08. The lowest BCUT2D eigenvalue weighted by molar-refractivity contribution is 0.0505. The molecule has 0 saturated heterocycles. The van der Waals surface area contributed by atoms with Crippen LogP contribution in [0.3, 0.4) is 0 Å². The molecule has 0 amide bonds. The highest BCUT2D eigenvalue weighted by atomic mass is 16.5. The van der Waals surface area contributed by atoms with Gasteiger partial charge in [-0.05, 0) is 48.4 Å². The molecule has 2 aromatic rings. The number of nitrogens with one attached hydrogen (secondary N) is 1. The molecule has 1 N–H and O–H groups in total. The Hall–Kier alpha value is -3.00. The Bertz CT molecular complexity index is 703. The van der Waals surface area contributed by atoms with Crippen molar-refractivity contribution < 1.29 is 14.3 Å². The number of ether oxygens (including phenoxy) is 2. The first-order valence-electron chi connectivity index (χ1n) is 7.75. The van der Waals surface area contributed by atoms with Crippen molar-refractivity contribution in [3.63, 3.8) is 0 Å². The molecule has 0 heterocycles. The monoisotopic (exact) mass is 324 g/mol. The second kappa shape index (κ2) is 8.59. The zero-order valence-corrected chi connectivity index (χ0v) is 13.8. The van der Waals surface area contributed by atoms with E-state index in [1.54, 1.807) is 31.4 Å². The van der Waals surface area contributed by atoms with Gasteiger partial charge in [0.1, 0.15) is 11.8 Å². The van der Waals surface area contributed by atoms with Crippen LogP contribution in [0.25, 0.3) is 0 Å². The van der Waals surface area contributed by atoms with Crippen LogP contribution in [0.4, 0.5) is 5.69 Å². The number of hydrogen-bond donors (Lipinski definition) is 1. The maximum absolute atomic E-state index is 11.8. The molecule has 0 aliphatic heterocycles. The molecular weight excluding hydrogens is 304 g/mol. The number of nitrogens with zero attached hydrogens (tertiary/aromatic N) is 1. The van der Waals surface area contributed by atoms with E-state index in [0.717, 1.165) is 23.4 Å². The molecule has 1 atom stereocenters. The Balaban J connectivity index is 2.05. The number of carbonyl (C=O) groups is 1. The van der Waals surface area contributed by atoms with E-state index in [1.165, 1.54) is 0 Å². The van der Waals surface area contributed by atoms with Gasteiger partial charge in [-0.15, -0.1) is 0 Å². The molecule has 0 fully saturated rings. The van der Waals surface area contributed by atoms with Gasteiger partial charge in [0.15, 0.2) is 0 Å². The number of rotatable bonds is 7. The summed E-state index contributed by atoms with van der Waals surface area (Å²) in [5.74, 6) is 0.403. The molecule has 0 radical (unpaired) electrons. The SMILES string of the molecule is CCCOC(=O)c1ccc(NC(C#N)c2ccc(OC)cc2)cc1. The highest BCUT2D eigenvalue weighted by Gasteiger charge is 2.11. The molecule has 0 aromatic heterocycles. The van der Waals surface area contributed by atoms with Gasteiger partial charge in [-0.3, -0.25) is 0 Å². The van der Waals surface area contributed by atoms with Crippen molar-refractivity contribution in [2.75, 3.05) is 19.0 Å². The van der Waals surface area contributed by atoms with Gasteiger partial charge in [-0.2, -0.15) is 5.26 Å². The number of nitriles is 1. The summed E-state index contributed by atoms with van der Waals surface area (Å²) >= 11 is 0. The van der Waals surface area contributed by atoms with Crippen LogP contribution in [0.5, 0.6) is 5.75 Å². The van der Waals surface area contributed by atoms with Crippen LogP contribution in [0.15, 0.2) is 48.5 Å². The van der Waals surface area contributed by atoms with Crippen molar-refractivity contribution in [2.45, 2.75) is 19.4 Å². The Labute approximate surface area is 141 Å². The summed E-state index contributed by atoms with van der Waals surface area (Å²) in [4.78, 5) is 11.8. The largest absolute Gasteiger partial charge is 0.497 e. The van der Waals surface area contributed by atoms with Gasteiger partial charge in [-0.1, -0.05) is 19.1 Å². The fraction of sp³-hybridized carbons (Fsp3) is 0.263. The smallest absolute Gasteiger partial charge is 0.338 e. The van der Waals surface area contributed by atoms with Crippen molar-refractivity contribution in [3.05, 3.63) is 59.7 Å². The number of carbonyl (C=O) groups excluding carboxylic acids is 1. The van der Waals surface area contributed by atoms with E-state index in [2.05, 4.69) is 11.4 Å². The second-order valence-electron chi connectivity index (χ2n) is 5.19. The topological polar surface area (TPSA) is 71.3 Å². The average Bonchev–Trinajstić information content (AvgIpc) is 2.64. The van der Waals surface area contributed by atoms with E-state index < -0.39 is 6.04 Å². The lowest BCUT2D eigenvalue weighted by Gasteiger charge is -2.14. The number of hydrogen-bond acceptors (Lipinski definition) is 5. The van der Waals surface area contributed by atoms with Crippen LogP contribution in [0.2, 0.25) is 0 Å². The minimum absolute atomic E-state index is 0.338. The summed E-state index contributed by atoms with van der Waals surface area (Å²) in [7, 11) is 1.60. The van der Waals surface area contributed by atoms with Crippen molar-refractivity contribution in [1.82, 2.24) is 0 Å². The fourth-order valence-electron chi connectivity index (χ4n) is 2.13. The average molecular weight is 324 g/mol. The normalized spacial score (nSPS) is 11.2. The van der Waals surface area contributed by atoms with Crippen LogP contribution < -0.4 is 10.1 Å². The van der Waals surface area contributed by atoms with Crippen LogP contribution in [0.1, 0.15) is 35.3 Å². The zero-order chi connectivity index (χ0) is 17.4. The molecule has 5 nitrogen and oxygen atoms in total. The van der Waals surface area contributed by atoms with E-state index in [-0.39, 0.29) is 5.97 Å². The lowest BCUT2D eigenvalue weighted by atomic mass is 10.1. The third kappa shape index (κ3) is 4.50. The van der Waals surface area contributed by atoms with E-state index in [0.29, 0.717) is 12.2 Å². The Kier molecular flexibility index (Phi) is 6.21. The molecule has 24 heavy (non-hydrogen) atoms. The van der Waals surface area contributed by atoms with Crippen molar-refractivity contribution in [3.8, 4) is 11.8 Å². The third-order valence-electron chi connectivity index (χ3n) is 3.45. The molecule has 2 rings (SSSR count). The van der Waals surface area contributed by atoms with Gasteiger partial charge in [0.2, 0.25) is 0 Å². The molecule has 2 aromatic carbocycles. The minimum atomic E-state index is -0.492. The van der Waals surface area contributed by atoms with E-state index in [9.17, 15) is 10.1 Å².